The third kappa shape index (κ3) is 4.14. The maximum Gasteiger partial charge on any atom is 0.245 e. The molecule has 1 aliphatic carbocycles. The molecule has 2 amide bonds. The Morgan fingerprint density at radius 2 is 1.95 bits per heavy atom. The molecule has 0 aromatic rings. The van der Waals surface area contributed by atoms with Gasteiger partial charge >= 0.3 is 0 Å². The predicted octanol–water partition coefficient (Wildman–Crippen LogP) is 2.04. The van der Waals surface area contributed by atoms with E-state index in [1.54, 1.807) is 4.90 Å². The molecule has 1 unspecified atom stereocenters. The summed E-state index contributed by atoms with van der Waals surface area (Å²) < 4.78 is 0. The number of carbonyl (C=O) groups is 2. The van der Waals surface area contributed by atoms with E-state index in [4.69, 9.17) is 0 Å². The normalized spacial score (nSPS) is 24.9. The van der Waals surface area contributed by atoms with Crippen molar-refractivity contribution in [1.29, 1.82) is 0 Å². The average molecular weight is 298 g/mol. The molecule has 1 N–H and O–H groups in total. The van der Waals surface area contributed by atoms with Crippen LogP contribution < -0.4 is 5.32 Å². The average Bonchev–Trinajstić information content (AvgIpc) is 2.47. The Labute approximate surface area is 126 Å². The first-order chi connectivity index (χ1) is 9.72. The highest BCUT2D eigenvalue weighted by molar-refractivity contribution is 7.98. The molecule has 1 saturated heterocycles. The Balaban J connectivity index is 1.89. The van der Waals surface area contributed by atoms with Gasteiger partial charge in [0.1, 0.15) is 6.04 Å². The van der Waals surface area contributed by atoms with Crippen LogP contribution in [0.25, 0.3) is 0 Å². The molecule has 0 radical (unpaired) electrons. The topological polar surface area (TPSA) is 49.4 Å². The second-order valence-electron chi connectivity index (χ2n) is 5.90. The van der Waals surface area contributed by atoms with Gasteiger partial charge in [-0.2, -0.15) is 11.8 Å². The standard InChI is InChI=1S/C15H26N2O2S/c1-20-10-6-5-9-17-11-13(18)16-14(15(17)19)12-7-3-2-4-8-12/h12,14H,2-11H2,1H3,(H,16,18). The number of carbonyl (C=O) groups excluding carboxylic acids is 2. The Morgan fingerprint density at radius 3 is 2.65 bits per heavy atom. The largest absolute Gasteiger partial charge is 0.342 e. The van der Waals surface area contributed by atoms with Crippen LogP contribution in [0, 0.1) is 5.92 Å². The zero-order valence-corrected chi connectivity index (χ0v) is 13.2. The van der Waals surface area contributed by atoms with Crippen LogP contribution in [0.3, 0.4) is 0 Å². The zero-order valence-electron chi connectivity index (χ0n) is 12.4. The lowest BCUT2D eigenvalue weighted by atomic mass is 9.82. The van der Waals surface area contributed by atoms with Crippen molar-refractivity contribution >= 4 is 23.6 Å². The highest BCUT2D eigenvalue weighted by Crippen LogP contribution is 2.28. The summed E-state index contributed by atoms with van der Waals surface area (Å²) in [6, 6.07) is -0.253. The minimum atomic E-state index is -0.253. The van der Waals surface area contributed by atoms with Crippen molar-refractivity contribution in [2.24, 2.45) is 5.92 Å². The van der Waals surface area contributed by atoms with Gasteiger partial charge in [0.2, 0.25) is 11.8 Å². The van der Waals surface area contributed by atoms with Crippen molar-refractivity contribution in [2.75, 3.05) is 25.1 Å². The number of amides is 2. The second kappa shape index (κ2) is 7.91. The molecule has 0 bridgehead atoms. The summed E-state index contributed by atoms with van der Waals surface area (Å²) in [6.07, 6.45) is 10.0. The van der Waals surface area contributed by atoms with Gasteiger partial charge in [0, 0.05) is 6.54 Å². The smallest absolute Gasteiger partial charge is 0.245 e. The van der Waals surface area contributed by atoms with E-state index in [2.05, 4.69) is 11.6 Å². The van der Waals surface area contributed by atoms with Crippen molar-refractivity contribution in [1.82, 2.24) is 10.2 Å². The summed E-state index contributed by atoms with van der Waals surface area (Å²) in [5.74, 6) is 1.65. The lowest BCUT2D eigenvalue weighted by molar-refractivity contribution is -0.146. The minimum absolute atomic E-state index is 0.0186. The van der Waals surface area contributed by atoms with E-state index in [9.17, 15) is 9.59 Å². The van der Waals surface area contributed by atoms with E-state index < -0.39 is 0 Å². The van der Waals surface area contributed by atoms with E-state index in [1.165, 1.54) is 19.3 Å². The lowest BCUT2D eigenvalue weighted by Crippen LogP contribution is -2.60. The van der Waals surface area contributed by atoms with E-state index >= 15 is 0 Å². The van der Waals surface area contributed by atoms with Gasteiger partial charge in [-0.3, -0.25) is 9.59 Å². The third-order valence-corrected chi connectivity index (χ3v) is 5.07. The van der Waals surface area contributed by atoms with Crippen LogP contribution in [0.2, 0.25) is 0 Å². The number of piperazine rings is 1. The van der Waals surface area contributed by atoms with Crippen LogP contribution in [0.5, 0.6) is 0 Å². The summed E-state index contributed by atoms with van der Waals surface area (Å²) in [5, 5.41) is 2.93. The molecular formula is C15H26N2O2S. The molecule has 1 heterocycles. The molecule has 1 aliphatic heterocycles. The third-order valence-electron chi connectivity index (χ3n) is 4.38. The quantitative estimate of drug-likeness (QED) is 0.763. The highest BCUT2D eigenvalue weighted by Gasteiger charge is 2.37. The molecule has 0 aromatic carbocycles. The van der Waals surface area contributed by atoms with Crippen LogP contribution in [0.15, 0.2) is 0 Å². The zero-order chi connectivity index (χ0) is 14.4. The minimum Gasteiger partial charge on any atom is -0.342 e. The van der Waals surface area contributed by atoms with E-state index in [1.807, 2.05) is 11.8 Å². The first-order valence-corrected chi connectivity index (χ1v) is 9.19. The van der Waals surface area contributed by atoms with E-state index in [0.29, 0.717) is 5.92 Å². The molecule has 1 atom stereocenters. The number of thioether (sulfide) groups is 1. The number of nitrogens with one attached hydrogen (secondary N) is 1. The Bertz CT molecular complexity index is 343. The molecule has 1 saturated carbocycles. The number of hydrogen-bond donors (Lipinski definition) is 1. The monoisotopic (exact) mass is 298 g/mol. The highest BCUT2D eigenvalue weighted by atomic mass is 32.2. The fourth-order valence-corrected chi connectivity index (χ4v) is 3.75. The maximum atomic E-state index is 12.5. The van der Waals surface area contributed by atoms with Gasteiger partial charge in [0.15, 0.2) is 0 Å². The molecule has 0 aromatic heterocycles. The molecular weight excluding hydrogens is 272 g/mol. The fraction of sp³-hybridized carbons (Fsp3) is 0.867. The molecule has 114 valence electrons. The number of unbranched alkanes of at least 4 members (excludes halogenated alkanes) is 1. The Kier molecular flexibility index (Phi) is 6.20. The number of hydrogen-bond acceptors (Lipinski definition) is 3. The van der Waals surface area contributed by atoms with Crippen LogP contribution in [0.1, 0.15) is 44.9 Å². The van der Waals surface area contributed by atoms with E-state index in [-0.39, 0.29) is 24.4 Å². The van der Waals surface area contributed by atoms with Gasteiger partial charge in [-0.05, 0) is 43.6 Å². The summed E-state index contributed by atoms with van der Waals surface area (Å²) in [4.78, 5) is 26.2. The Morgan fingerprint density at radius 1 is 1.20 bits per heavy atom. The molecule has 0 spiro atoms. The van der Waals surface area contributed by atoms with Crippen molar-refractivity contribution in [3.05, 3.63) is 0 Å². The molecule has 2 fully saturated rings. The molecule has 2 aliphatic rings. The van der Waals surface area contributed by atoms with Gasteiger partial charge in [-0.25, -0.2) is 0 Å². The molecule has 2 rings (SSSR count). The van der Waals surface area contributed by atoms with Crippen LogP contribution in [-0.4, -0.2) is 47.9 Å². The van der Waals surface area contributed by atoms with Gasteiger partial charge < -0.3 is 10.2 Å². The predicted molar refractivity (Wildman–Crippen MR) is 82.7 cm³/mol. The number of nitrogens with zero attached hydrogens (tertiary/aromatic N) is 1. The molecule has 20 heavy (non-hydrogen) atoms. The van der Waals surface area contributed by atoms with Crippen molar-refractivity contribution < 1.29 is 9.59 Å². The number of rotatable bonds is 6. The summed E-state index contributed by atoms with van der Waals surface area (Å²) >= 11 is 1.83. The molecule has 4 nitrogen and oxygen atoms in total. The van der Waals surface area contributed by atoms with Crippen LogP contribution in [-0.2, 0) is 9.59 Å². The summed E-state index contributed by atoms with van der Waals surface area (Å²) in [7, 11) is 0. The summed E-state index contributed by atoms with van der Waals surface area (Å²) in [5.41, 5.74) is 0. The van der Waals surface area contributed by atoms with Gasteiger partial charge in [0.25, 0.3) is 0 Å². The molecule has 5 heteroatoms. The first kappa shape index (κ1) is 15.7. The van der Waals surface area contributed by atoms with Crippen molar-refractivity contribution in [3.63, 3.8) is 0 Å². The Hall–Kier alpha value is -0.710. The van der Waals surface area contributed by atoms with Crippen LogP contribution in [0.4, 0.5) is 0 Å². The van der Waals surface area contributed by atoms with Crippen LogP contribution >= 0.6 is 11.8 Å². The SMILES string of the molecule is CSCCCCN1CC(=O)NC(C2CCCCC2)C1=O. The van der Waals surface area contributed by atoms with Crippen molar-refractivity contribution in [2.45, 2.75) is 51.0 Å². The first-order valence-electron chi connectivity index (χ1n) is 7.79. The lowest BCUT2D eigenvalue weighted by Gasteiger charge is -2.37. The maximum absolute atomic E-state index is 12.5. The summed E-state index contributed by atoms with van der Waals surface area (Å²) in [6.45, 7) is 0.983. The van der Waals surface area contributed by atoms with Gasteiger partial charge in [0.05, 0.1) is 6.54 Å². The second-order valence-corrected chi connectivity index (χ2v) is 6.89. The van der Waals surface area contributed by atoms with E-state index in [0.717, 1.165) is 38.0 Å². The fourth-order valence-electron chi connectivity index (χ4n) is 3.25. The van der Waals surface area contributed by atoms with Gasteiger partial charge in [-0.1, -0.05) is 19.3 Å². The van der Waals surface area contributed by atoms with Crippen molar-refractivity contribution in [3.8, 4) is 0 Å². The van der Waals surface area contributed by atoms with Gasteiger partial charge in [-0.15, -0.1) is 0 Å².